The van der Waals surface area contributed by atoms with Crippen molar-refractivity contribution in [3.63, 3.8) is 0 Å². The molecular weight excluding hydrogens is 395 g/mol. The third kappa shape index (κ3) is 4.64. The molecule has 0 amide bonds. The first kappa shape index (κ1) is 20.9. The van der Waals surface area contributed by atoms with Crippen LogP contribution in [0.15, 0.2) is 35.3 Å². The SMILES string of the molecule is N#CC(C#N)=C/C(C#N)=C(/N)N1CCN(c2ncc(C(F)(F)F)cc2Cl)CC1. The summed E-state index contributed by atoms with van der Waals surface area (Å²) in [4.78, 5) is 7.22. The van der Waals surface area contributed by atoms with Gasteiger partial charge < -0.3 is 15.5 Å². The number of hydrogen-bond acceptors (Lipinski definition) is 7. The van der Waals surface area contributed by atoms with E-state index in [-0.39, 0.29) is 27.8 Å². The van der Waals surface area contributed by atoms with E-state index in [9.17, 15) is 18.4 Å². The number of nitrogens with zero attached hydrogens (tertiary/aromatic N) is 6. The zero-order chi connectivity index (χ0) is 20.9. The molecule has 11 heteroatoms. The van der Waals surface area contributed by atoms with Crippen molar-refractivity contribution in [3.8, 4) is 18.2 Å². The summed E-state index contributed by atoms with van der Waals surface area (Å²) in [5.74, 6) is 0.338. The predicted molar refractivity (Wildman–Crippen MR) is 94.2 cm³/mol. The van der Waals surface area contributed by atoms with Crippen LogP contribution >= 0.6 is 11.6 Å². The summed E-state index contributed by atoms with van der Waals surface area (Å²) >= 11 is 5.97. The van der Waals surface area contributed by atoms with Crippen molar-refractivity contribution in [1.82, 2.24) is 9.88 Å². The van der Waals surface area contributed by atoms with Crippen LogP contribution in [0.4, 0.5) is 19.0 Å². The van der Waals surface area contributed by atoms with Gasteiger partial charge in [0, 0.05) is 32.4 Å². The second-order valence-electron chi connectivity index (χ2n) is 5.69. The molecule has 0 aliphatic carbocycles. The molecule has 144 valence electrons. The maximum absolute atomic E-state index is 12.7. The van der Waals surface area contributed by atoms with Crippen LogP contribution in [0.2, 0.25) is 5.02 Å². The smallest absolute Gasteiger partial charge is 0.384 e. The molecule has 1 aliphatic heterocycles. The van der Waals surface area contributed by atoms with Gasteiger partial charge in [-0.2, -0.15) is 29.0 Å². The van der Waals surface area contributed by atoms with Gasteiger partial charge in [0.2, 0.25) is 0 Å². The Bertz CT molecular complexity index is 923. The number of alkyl halides is 3. The van der Waals surface area contributed by atoms with Crippen molar-refractivity contribution in [2.45, 2.75) is 6.18 Å². The molecule has 0 atom stereocenters. The fourth-order valence-corrected chi connectivity index (χ4v) is 2.83. The van der Waals surface area contributed by atoms with Gasteiger partial charge in [0.1, 0.15) is 35.4 Å². The Morgan fingerprint density at radius 3 is 2.21 bits per heavy atom. The highest BCUT2D eigenvalue weighted by molar-refractivity contribution is 6.33. The van der Waals surface area contributed by atoms with E-state index in [1.807, 2.05) is 6.07 Å². The van der Waals surface area contributed by atoms with Crippen LogP contribution in [0.5, 0.6) is 0 Å². The Hall–Kier alpha value is -3.42. The summed E-state index contributed by atoms with van der Waals surface area (Å²) < 4.78 is 38.2. The largest absolute Gasteiger partial charge is 0.417 e. The number of pyridine rings is 1. The van der Waals surface area contributed by atoms with Gasteiger partial charge in [-0.15, -0.1) is 0 Å². The minimum atomic E-state index is -4.53. The third-order valence-corrected chi connectivity index (χ3v) is 4.27. The van der Waals surface area contributed by atoms with Crippen LogP contribution in [0.1, 0.15) is 5.56 Å². The number of rotatable bonds is 3. The molecule has 0 bridgehead atoms. The van der Waals surface area contributed by atoms with Crippen molar-refractivity contribution in [2.24, 2.45) is 5.73 Å². The quantitative estimate of drug-likeness (QED) is 0.604. The van der Waals surface area contributed by atoms with E-state index in [1.165, 1.54) is 0 Å². The molecule has 0 unspecified atom stereocenters. The van der Waals surface area contributed by atoms with E-state index in [1.54, 1.807) is 21.9 Å². The lowest BCUT2D eigenvalue weighted by Crippen LogP contribution is -2.48. The van der Waals surface area contributed by atoms with Gasteiger partial charge in [-0.25, -0.2) is 4.98 Å². The molecule has 0 radical (unpaired) electrons. The summed E-state index contributed by atoms with van der Waals surface area (Å²) in [5.41, 5.74) is 4.78. The highest BCUT2D eigenvalue weighted by atomic mass is 35.5. The maximum Gasteiger partial charge on any atom is 0.417 e. The van der Waals surface area contributed by atoms with Gasteiger partial charge >= 0.3 is 6.18 Å². The molecule has 1 aromatic rings. The fraction of sp³-hybridized carbons (Fsp3) is 0.294. The van der Waals surface area contributed by atoms with E-state index in [4.69, 9.17) is 27.9 Å². The first-order valence-electron chi connectivity index (χ1n) is 7.85. The molecule has 0 spiro atoms. The van der Waals surface area contributed by atoms with Crippen molar-refractivity contribution >= 4 is 17.4 Å². The Morgan fingerprint density at radius 2 is 1.75 bits per heavy atom. The first-order valence-corrected chi connectivity index (χ1v) is 8.23. The monoisotopic (exact) mass is 407 g/mol. The Labute approximate surface area is 163 Å². The van der Waals surface area contributed by atoms with E-state index >= 15 is 0 Å². The second-order valence-corrected chi connectivity index (χ2v) is 6.10. The number of nitriles is 3. The Morgan fingerprint density at radius 1 is 1.14 bits per heavy atom. The number of allylic oxidation sites excluding steroid dienone is 3. The summed E-state index contributed by atoms with van der Waals surface area (Å²) in [6.45, 7) is 1.39. The predicted octanol–water partition coefficient (Wildman–Crippen LogP) is 2.54. The van der Waals surface area contributed by atoms with Crippen molar-refractivity contribution in [1.29, 1.82) is 15.8 Å². The normalized spacial score (nSPS) is 15.0. The number of aromatic nitrogens is 1. The van der Waals surface area contributed by atoms with Gasteiger partial charge in [0.05, 0.1) is 16.2 Å². The molecule has 1 aromatic heterocycles. The molecule has 2 rings (SSSR count). The van der Waals surface area contributed by atoms with E-state index in [0.717, 1.165) is 18.3 Å². The molecular formula is C17H13ClF3N7. The van der Waals surface area contributed by atoms with E-state index in [0.29, 0.717) is 26.2 Å². The average molecular weight is 408 g/mol. The summed E-state index contributed by atoms with van der Waals surface area (Å²) in [6.07, 6.45) is -2.69. The van der Waals surface area contributed by atoms with E-state index < -0.39 is 11.7 Å². The number of hydrogen-bond donors (Lipinski definition) is 1. The van der Waals surface area contributed by atoms with Crippen LogP contribution in [0, 0.1) is 34.0 Å². The topological polar surface area (TPSA) is 117 Å². The maximum atomic E-state index is 12.7. The number of anilines is 1. The molecule has 28 heavy (non-hydrogen) atoms. The number of halogens is 4. The number of nitrogens with two attached hydrogens (primary N) is 1. The molecule has 0 saturated carbocycles. The van der Waals surface area contributed by atoms with Crippen molar-refractivity contribution in [2.75, 3.05) is 31.1 Å². The molecule has 1 aliphatic rings. The lowest BCUT2D eigenvalue weighted by Gasteiger charge is -2.37. The summed E-state index contributed by atoms with van der Waals surface area (Å²) in [7, 11) is 0. The first-order chi connectivity index (χ1) is 13.2. The minimum absolute atomic E-state index is 0.0164. The van der Waals surface area contributed by atoms with E-state index in [2.05, 4.69) is 4.98 Å². The number of piperazine rings is 1. The average Bonchev–Trinajstić information content (AvgIpc) is 2.68. The molecule has 7 nitrogen and oxygen atoms in total. The Kier molecular flexibility index (Phi) is 6.35. The second kappa shape index (κ2) is 8.51. The summed E-state index contributed by atoms with van der Waals surface area (Å²) in [6, 6.07) is 5.99. The third-order valence-electron chi connectivity index (χ3n) is 3.99. The lowest BCUT2D eigenvalue weighted by molar-refractivity contribution is -0.137. The minimum Gasteiger partial charge on any atom is -0.384 e. The van der Waals surface area contributed by atoms with Crippen LogP contribution in [0.25, 0.3) is 0 Å². The van der Waals surface area contributed by atoms with Crippen LogP contribution in [-0.2, 0) is 6.18 Å². The highest BCUT2D eigenvalue weighted by Gasteiger charge is 2.32. The Balaban J connectivity index is 2.16. The molecule has 0 aromatic carbocycles. The van der Waals surface area contributed by atoms with Crippen molar-refractivity contribution < 1.29 is 13.2 Å². The van der Waals surface area contributed by atoms with Crippen LogP contribution < -0.4 is 10.6 Å². The molecule has 1 saturated heterocycles. The van der Waals surface area contributed by atoms with Gasteiger partial charge in [-0.1, -0.05) is 11.6 Å². The van der Waals surface area contributed by atoms with Crippen LogP contribution in [0.3, 0.4) is 0 Å². The molecule has 2 heterocycles. The standard InChI is InChI=1S/C17H13ClF3N7/c18-14-6-13(17(19,20)21)10-26-16(14)28-3-1-27(2-4-28)15(25)12(9-24)5-11(7-22)8-23/h5-6,10H,1-4,25H2/b15-12+. The van der Waals surface area contributed by atoms with Gasteiger partial charge in [-0.3, -0.25) is 0 Å². The van der Waals surface area contributed by atoms with Gasteiger partial charge in [0.25, 0.3) is 0 Å². The highest BCUT2D eigenvalue weighted by Crippen LogP contribution is 2.33. The van der Waals surface area contributed by atoms with Crippen molar-refractivity contribution in [3.05, 3.63) is 45.9 Å². The zero-order valence-electron chi connectivity index (χ0n) is 14.3. The molecule has 1 fully saturated rings. The van der Waals surface area contributed by atoms with Gasteiger partial charge in [0.15, 0.2) is 0 Å². The fourth-order valence-electron chi connectivity index (χ4n) is 2.55. The van der Waals surface area contributed by atoms with Crippen LogP contribution in [-0.4, -0.2) is 36.1 Å². The summed E-state index contributed by atoms with van der Waals surface area (Å²) in [5, 5.41) is 26.7. The molecule has 2 N–H and O–H groups in total. The zero-order valence-corrected chi connectivity index (χ0v) is 15.1. The van der Waals surface area contributed by atoms with Gasteiger partial charge in [-0.05, 0) is 12.1 Å². The lowest BCUT2D eigenvalue weighted by atomic mass is 10.1.